The van der Waals surface area contributed by atoms with Gasteiger partial charge in [0, 0.05) is 30.0 Å². The third-order valence-electron chi connectivity index (χ3n) is 3.58. The van der Waals surface area contributed by atoms with Gasteiger partial charge in [-0.15, -0.1) is 12.4 Å². The van der Waals surface area contributed by atoms with Gasteiger partial charge in [0.15, 0.2) is 5.82 Å². The highest BCUT2D eigenvalue weighted by atomic mass is 35.5. The molecule has 2 heterocycles. The minimum absolute atomic E-state index is 0. The van der Waals surface area contributed by atoms with Crippen LogP contribution in [0.5, 0.6) is 0 Å². The number of halogens is 1. The number of carbonyl (C=O) groups is 1. The zero-order valence-electron chi connectivity index (χ0n) is 13.6. The number of hydrogen-bond acceptors (Lipinski definition) is 4. The molecule has 2 N–H and O–H groups in total. The number of carbonyl (C=O) groups excluding carboxylic acids is 1. The number of rotatable bonds is 5. The lowest BCUT2D eigenvalue weighted by Gasteiger charge is -2.11. The molecular formula is C15H23ClN4O2. The van der Waals surface area contributed by atoms with Gasteiger partial charge in [0.1, 0.15) is 5.76 Å². The van der Waals surface area contributed by atoms with Gasteiger partial charge in [-0.05, 0) is 40.8 Å². The van der Waals surface area contributed by atoms with Crippen molar-refractivity contribution in [2.24, 2.45) is 0 Å². The Bertz CT molecular complexity index is 648. The van der Waals surface area contributed by atoms with Crippen molar-refractivity contribution in [1.82, 2.24) is 20.4 Å². The average molecular weight is 327 g/mol. The summed E-state index contributed by atoms with van der Waals surface area (Å²) in [6.45, 7) is 8.30. The first kappa shape index (κ1) is 18.3. The minimum atomic E-state index is -0.0725. The molecule has 22 heavy (non-hydrogen) atoms. The third kappa shape index (κ3) is 3.69. The SMILES string of the molecule is CNC(C)CNC(=O)c1cc(C)n(-c2cc(C)on2)c1C.Cl. The third-order valence-corrected chi connectivity index (χ3v) is 3.58. The van der Waals surface area contributed by atoms with Gasteiger partial charge in [0.2, 0.25) is 0 Å². The van der Waals surface area contributed by atoms with E-state index in [2.05, 4.69) is 15.8 Å². The molecule has 0 aliphatic carbocycles. The lowest BCUT2D eigenvalue weighted by Crippen LogP contribution is -2.37. The summed E-state index contributed by atoms with van der Waals surface area (Å²) >= 11 is 0. The van der Waals surface area contributed by atoms with E-state index in [4.69, 9.17) is 4.52 Å². The Labute approximate surface area is 136 Å². The molecule has 0 bridgehead atoms. The van der Waals surface area contributed by atoms with Gasteiger partial charge < -0.3 is 15.2 Å². The Morgan fingerprint density at radius 2 is 2.05 bits per heavy atom. The number of hydrogen-bond donors (Lipinski definition) is 2. The zero-order chi connectivity index (χ0) is 15.6. The Kier molecular flexibility index (Phi) is 6.20. The molecule has 0 fully saturated rings. The molecule has 0 aliphatic rings. The highest BCUT2D eigenvalue weighted by Crippen LogP contribution is 2.20. The maximum absolute atomic E-state index is 12.3. The number of amides is 1. The molecular weight excluding hydrogens is 304 g/mol. The van der Waals surface area contributed by atoms with Crippen LogP contribution in [0.3, 0.4) is 0 Å². The van der Waals surface area contributed by atoms with Gasteiger partial charge in [0.25, 0.3) is 5.91 Å². The molecule has 0 radical (unpaired) electrons. The van der Waals surface area contributed by atoms with E-state index in [1.165, 1.54) is 0 Å². The van der Waals surface area contributed by atoms with E-state index in [1.807, 2.05) is 51.4 Å². The summed E-state index contributed by atoms with van der Waals surface area (Å²) in [5.41, 5.74) is 2.47. The fourth-order valence-electron chi connectivity index (χ4n) is 2.25. The van der Waals surface area contributed by atoms with Crippen LogP contribution in [0.4, 0.5) is 0 Å². The second-order valence-corrected chi connectivity index (χ2v) is 5.32. The van der Waals surface area contributed by atoms with Crippen molar-refractivity contribution in [2.45, 2.75) is 33.7 Å². The number of aromatic nitrogens is 2. The number of nitrogens with zero attached hydrogens (tertiary/aromatic N) is 2. The Balaban J connectivity index is 0.00000242. The number of likely N-dealkylation sites (N-methyl/N-ethyl adjacent to an activating group) is 1. The van der Waals surface area contributed by atoms with Crippen LogP contribution in [0.25, 0.3) is 5.82 Å². The van der Waals surface area contributed by atoms with Crippen LogP contribution < -0.4 is 10.6 Å². The fraction of sp³-hybridized carbons (Fsp3) is 0.467. The molecule has 0 saturated heterocycles. The van der Waals surface area contributed by atoms with Crippen LogP contribution in [-0.4, -0.2) is 35.3 Å². The van der Waals surface area contributed by atoms with Gasteiger partial charge in [-0.25, -0.2) is 0 Å². The molecule has 0 spiro atoms. The van der Waals surface area contributed by atoms with Crippen LogP contribution >= 0.6 is 12.4 Å². The topological polar surface area (TPSA) is 72.1 Å². The van der Waals surface area contributed by atoms with E-state index in [1.54, 1.807) is 0 Å². The summed E-state index contributed by atoms with van der Waals surface area (Å²) in [7, 11) is 1.87. The molecule has 0 aliphatic heterocycles. The molecule has 0 aromatic carbocycles. The van der Waals surface area contributed by atoms with Gasteiger partial charge in [-0.1, -0.05) is 5.16 Å². The number of nitrogens with one attached hydrogen (secondary N) is 2. The van der Waals surface area contributed by atoms with E-state index < -0.39 is 0 Å². The smallest absolute Gasteiger partial charge is 0.253 e. The molecule has 2 aromatic heterocycles. The summed E-state index contributed by atoms with van der Waals surface area (Å²) < 4.78 is 7.04. The predicted octanol–water partition coefficient (Wildman–Crippen LogP) is 2.15. The van der Waals surface area contributed by atoms with E-state index in [-0.39, 0.29) is 24.4 Å². The lowest BCUT2D eigenvalue weighted by molar-refractivity contribution is 0.0950. The minimum Gasteiger partial charge on any atom is -0.360 e. The normalized spacial score (nSPS) is 11.9. The van der Waals surface area contributed by atoms with Crippen LogP contribution in [0, 0.1) is 20.8 Å². The average Bonchev–Trinajstić information content (AvgIpc) is 2.99. The summed E-state index contributed by atoms with van der Waals surface area (Å²) in [4.78, 5) is 12.3. The Morgan fingerprint density at radius 1 is 1.36 bits per heavy atom. The van der Waals surface area contributed by atoms with Gasteiger partial charge in [-0.2, -0.15) is 0 Å². The molecule has 1 amide bonds. The molecule has 6 nitrogen and oxygen atoms in total. The maximum atomic E-state index is 12.3. The van der Waals surface area contributed by atoms with Crippen LogP contribution in [0.15, 0.2) is 16.7 Å². The Morgan fingerprint density at radius 3 is 2.59 bits per heavy atom. The standard InChI is InChI=1S/C15H22N4O2.ClH/c1-9(16-5)8-17-15(20)13-6-10(2)19(12(13)4)14-7-11(3)21-18-14;/h6-7,9,16H,8H2,1-5H3,(H,17,20);1H. The Hall–Kier alpha value is -1.79. The molecule has 2 rings (SSSR count). The van der Waals surface area contributed by atoms with Gasteiger partial charge in [-0.3, -0.25) is 9.36 Å². The molecule has 122 valence electrons. The van der Waals surface area contributed by atoms with Crippen molar-refractivity contribution in [3.8, 4) is 5.82 Å². The number of aryl methyl sites for hydroxylation is 2. The van der Waals surface area contributed by atoms with Crippen molar-refractivity contribution in [1.29, 1.82) is 0 Å². The first-order valence-electron chi connectivity index (χ1n) is 7.02. The fourth-order valence-corrected chi connectivity index (χ4v) is 2.25. The largest absolute Gasteiger partial charge is 0.360 e. The van der Waals surface area contributed by atoms with E-state index in [0.29, 0.717) is 17.9 Å². The summed E-state index contributed by atoms with van der Waals surface area (Å²) in [5, 5.41) is 10.0. The molecule has 2 aromatic rings. The second-order valence-electron chi connectivity index (χ2n) is 5.32. The van der Waals surface area contributed by atoms with Crippen molar-refractivity contribution in [3.63, 3.8) is 0 Å². The van der Waals surface area contributed by atoms with Crippen LogP contribution in [0.1, 0.15) is 34.4 Å². The van der Waals surface area contributed by atoms with Crippen molar-refractivity contribution >= 4 is 18.3 Å². The summed E-state index contributed by atoms with van der Waals surface area (Å²) in [5.74, 6) is 1.37. The second kappa shape index (κ2) is 7.47. The van der Waals surface area contributed by atoms with Gasteiger partial charge >= 0.3 is 0 Å². The van der Waals surface area contributed by atoms with Crippen LogP contribution in [0.2, 0.25) is 0 Å². The predicted molar refractivity (Wildman–Crippen MR) is 88.1 cm³/mol. The summed E-state index contributed by atoms with van der Waals surface area (Å²) in [6, 6.07) is 3.96. The van der Waals surface area contributed by atoms with E-state index >= 15 is 0 Å². The first-order valence-corrected chi connectivity index (χ1v) is 7.02. The maximum Gasteiger partial charge on any atom is 0.253 e. The highest BCUT2D eigenvalue weighted by molar-refractivity contribution is 5.95. The molecule has 7 heteroatoms. The summed E-state index contributed by atoms with van der Waals surface area (Å²) in [6.07, 6.45) is 0. The quantitative estimate of drug-likeness (QED) is 0.883. The van der Waals surface area contributed by atoms with Gasteiger partial charge in [0.05, 0.1) is 5.56 Å². The monoisotopic (exact) mass is 326 g/mol. The van der Waals surface area contributed by atoms with Crippen molar-refractivity contribution < 1.29 is 9.32 Å². The van der Waals surface area contributed by atoms with E-state index in [9.17, 15) is 4.79 Å². The lowest BCUT2D eigenvalue weighted by atomic mass is 10.2. The molecule has 0 saturated carbocycles. The zero-order valence-corrected chi connectivity index (χ0v) is 14.4. The van der Waals surface area contributed by atoms with E-state index in [0.717, 1.165) is 17.1 Å². The molecule has 1 unspecified atom stereocenters. The van der Waals surface area contributed by atoms with Crippen LogP contribution in [-0.2, 0) is 0 Å². The van der Waals surface area contributed by atoms with Crippen molar-refractivity contribution in [2.75, 3.05) is 13.6 Å². The first-order chi connectivity index (χ1) is 9.93. The molecule has 1 atom stereocenters. The highest BCUT2D eigenvalue weighted by Gasteiger charge is 2.18. The van der Waals surface area contributed by atoms with Crippen molar-refractivity contribution in [3.05, 3.63) is 34.8 Å².